The maximum Gasteiger partial charge on any atom is 0.397 e. The van der Waals surface area contributed by atoms with E-state index < -0.39 is 10.4 Å². The number of hydrogen-bond donors (Lipinski definition) is 1. The molecular weight excluding hydrogens is 304 g/mol. The van der Waals surface area contributed by atoms with Gasteiger partial charge in [-0.2, -0.15) is 8.42 Å². The Balaban J connectivity index is 3.07. The summed E-state index contributed by atoms with van der Waals surface area (Å²) in [5.74, 6) is 0.296. The fraction of sp³-hybridized carbons (Fsp3) is 0.938. The standard InChI is InChI=1S/C16H32O5S/c1-16(17)14-12-10-8-6-4-2-3-5-7-9-11-13-15-21-22(18,19)20/h2-15H2,1H3,(H,18,19,20). The number of carbonyl (C=O) groups excluding carboxylic acids is 1. The van der Waals surface area contributed by atoms with Crippen LogP contribution in [0, 0.1) is 0 Å². The van der Waals surface area contributed by atoms with Crippen LogP contribution in [0.25, 0.3) is 0 Å². The normalized spacial score (nSPS) is 11.7. The van der Waals surface area contributed by atoms with Crippen LogP contribution in [-0.4, -0.2) is 25.4 Å². The number of Topliss-reactive ketones (excluding diaryl/α,β-unsaturated/α-hetero) is 1. The molecule has 5 nitrogen and oxygen atoms in total. The summed E-state index contributed by atoms with van der Waals surface area (Å²) in [5, 5.41) is 0. The summed E-state index contributed by atoms with van der Waals surface area (Å²) >= 11 is 0. The minimum absolute atomic E-state index is 0.0719. The van der Waals surface area contributed by atoms with Gasteiger partial charge in [0, 0.05) is 6.42 Å². The zero-order valence-electron chi connectivity index (χ0n) is 13.9. The average Bonchev–Trinajstić information content (AvgIpc) is 2.41. The van der Waals surface area contributed by atoms with Crippen LogP contribution < -0.4 is 0 Å². The van der Waals surface area contributed by atoms with E-state index in [9.17, 15) is 13.2 Å². The predicted octanol–water partition coefficient (Wildman–Crippen LogP) is 4.47. The second-order valence-corrected chi connectivity index (χ2v) is 7.04. The maximum atomic E-state index is 10.8. The van der Waals surface area contributed by atoms with E-state index in [1.54, 1.807) is 6.92 Å². The first-order valence-corrected chi connectivity index (χ1v) is 9.89. The Kier molecular flexibility index (Phi) is 13.9. The summed E-state index contributed by atoms with van der Waals surface area (Å²) in [4.78, 5) is 10.8. The van der Waals surface area contributed by atoms with Crippen LogP contribution in [0.5, 0.6) is 0 Å². The number of hydrogen-bond acceptors (Lipinski definition) is 4. The van der Waals surface area contributed by atoms with Crippen LogP contribution in [0.15, 0.2) is 0 Å². The molecule has 1 N–H and O–H groups in total. The van der Waals surface area contributed by atoms with Crippen molar-refractivity contribution in [3.05, 3.63) is 0 Å². The SMILES string of the molecule is CC(=O)CCCCCCCCCCCCCCOS(=O)(=O)O. The highest BCUT2D eigenvalue weighted by Gasteiger charge is 2.02. The largest absolute Gasteiger partial charge is 0.397 e. The van der Waals surface area contributed by atoms with Crippen molar-refractivity contribution in [3.63, 3.8) is 0 Å². The van der Waals surface area contributed by atoms with Gasteiger partial charge in [0.25, 0.3) is 0 Å². The Morgan fingerprint density at radius 2 is 1.14 bits per heavy atom. The van der Waals surface area contributed by atoms with Gasteiger partial charge in [-0.3, -0.25) is 4.55 Å². The summed E-state index contributed by atoms with van der Waals surface area (Å²) in [7, 11) is -4.26. The van der Waals surface area contributed by atoms with Gasteiger partial charge in [0.1, 0.15) is 5.78 Å². The Morgan fingerprint density at radius 3 is 1.50 bits per heavy atom. The molecule has 0 aliphatic rings. The van der Waals surface area contributed by atoms with Crippen LogP contribution in [0.4, 0.5) is 0 Å². The van der Waals surface area contributed by atoms with E-state index in [2.05, 4.69) is 4.18 Å². The first-order valence-electron chi connectivity index (χ1n) is 8.53. The predicted molar refractivity (Wildman–Crippen MR) is 88.2 cm³/mol. The van der Waals surface area contributed by atoms with Crippen molar-refractivity contribution in [1.29, 1.82) is 0 Å². The molecule has 0 aromatic rings. The molecule has 6 heteroatoms. The molecule has 0 aliphatic carbocycles. The molecule has 0 amide bonds. The van der Waals surface area contributed by atoms with E-state index in [1.807, 2.05) is 0 Å². The average molecular weight is 336 g/mol. The van der Waals surface area contributed by atoms with Crippen LogP contribution in [-0.2, 0) is 19.4 Å². The summed E-state index contributed by atoms with van der Waals surface area (Å²) in [6.45, 7) is 1.73. The molecule has 0 radical (unpaired) electrons. The molecule has 0 bridgehead atoms. The molecule has 132 valence electrons. The first kappa shape index (κ1) is 21.5. The molecule has 0 aromatic heterocycles. The second-order valence-electron chi connectivity index (χ2n) is 5.94. The quantitative estimate of drug-likeness (QED) is 0.332. The second kappa shape index (κ2) is 14.2. The Hall–Kier alpha value is -0.460. The van der Waals surface area contributed by atoms with E-state index in [1.165, 1.54) is 51.4 Å². The van der Waals surface area contributed by atoms with Crippen LogP contribution in [0.2, 0.25) is 0 Å². The lowest BCUT2D eigenvalue weighted by atomic mass is 10.0. The van der Waals surface area contributed by atoms with Gasteiger partial charge >= 0.3 is 10.4 Å². The van der Waals surface area contributed by atoms with Gasteiger partial charge in [0.2, 0.25) is 0 Å². The van der Waals surface area contributed by atoms with Crippen molar-refractivity contribution >= 4 is 16.2 Å². The minimum atomic E-state index is -4.26. The Morgan fingerprint density at radius 1 is 0.773 bits per heavy atom. The third-order valence-electron chi connectivity index (χ3n) is 3.66. The third kappa shape index (κ3) is 19.5. The molecule has 0 atom stereocenters. The molecule has 0 aromatic carbocycles. The van der Waals surface area contributed by atoms with Gasteiger partial charge in [-0.15, -0.1) is 0 Å². The van der Waals surface area contributed by atoms with Crippen molar-refractivity contribution in [2.75, 3.05) is 6.61 Å². The van der Waals surface area contributed by atoms with E-state index in [4.69, 9.17) is 4.55 Å². The molecule has 0 spiro atoms. The molecule has 22 heavy (non-hydrogen) atoms. The van der Waals surface area contributed by atoms with Crippen LogP contribution >= 0.6 is 0 Å². The summed E-state index contributed by atoms with van der Waals surface area (Å²) in [6, 6.07) is 0. The molecular formula is C16H32O5S. The van der Waals surface area contributed by atoms with Gasteiger partial charge in [0.15, 0.2) is 0 Å². The number of carbonyl (C=O) groups is 1. The fourth-order valence-electron chi connectivity index (χ4n) is 2.41. The maximum absolute atomic E-state index is 10.8. The Labute approximate surface area is 135 Å². The van der Waals surface area contributed by atoms with E-state index in [-0.39, 0.29) is 6.61 Å². The van der Waals surface area contributed by atoms with Gasteiger partial charge in [-0.1, -0.05) is 64.2 Å². The monoisotopic (exact) mass is 336 g/mol. The van der Waals surface area contributed by atoms with Crippen molar-refractivity contribution in [2.45, 2.75) is 90.4 Å². The van der Waals surface area contributed by atoms with Crippen LogP contribution in [0.1, 0.15) is 90.4 Å². The summed E-state index contributed by atoms with van der Waals surface area (Å²) in [6.07, 6.45) is 14.3. The molecule has 0 unspecified atom stereocenters. The van der Waals surface area contributed by atoms with Gasteiger partial charge < -0.3 is 4.79 Å². The lowest BCUT2D eigenvalue weighted by Gasteiger charge is -2.03. The molecule has 0 saturated heterocycles. The highest BCUT2D eigenvalue weighted by atomic mass is 32.3. The van der Waals surface area contributed by atoms with E-state index in [0.717, 1.165) is 25.7 Å². The van der Waals surface area contributed by atoms with Gasteiger partial charge in [0.05, 0.1) is 6.61 Å². The zero-order chi connectivity index (χ0) is 16.7. The van der Waals surface area contributed by atoms with Gasteiger partial charge in [-0.05, 0) is 19.8 Å². The third-order valence-corrected chi connectivity index (χ3v) is 4.12. The summed E-state index contributed by atoms with van der Waals surface area (Å²) in [5.41, 5.74) is 0. The molecule has 0 fully saturated rings. The molecule has 0 rings (SSSR count). The van der Waals surface area contributed by atoms with Gasteiger partial charge in [-0.25, -0.2) is 4.18 Å². The molecule has 0 aliphatic heterocycles. The van der Waals surface area contributed by atoms with Crippen molar-refractivity contribution in [3.8, 4) is 0 Å². The summed E-state index contributed by atoms with van der Waals surface area (Å²) < 4.78 is 33.2. The van der Waals surface area contributed by atoms with Crippen molar-refractivity contribution < 1.29 is 21.9 Å². The van der Waals surface area contributed by atoms with Crippen LogP contribution in [0.3, 0.4) is 0 Å². The number of ketones is 1. The van der Waals surface area contributed by atoms with Crippen molar-refractivity contribution in [2.24, 2.45) is 0 Å². The number of rotatable bonds is 16. The smallest absolute Gasteiger partial charge is 0.300 e. The highest BCUT2D eigenvalue weighted by Crippen LogP contribution is 2.12. The topological polar surface area (TPSA) is 80.7 Å². The first-order chi connectivity index (χ1) is 10.4. The lowest BCUT2D eigenvalue weighted by molar-refractivity contribution is -0.117. The fourth-order valence-corrected chi connectivity index (χ4v) is 2.74. The van der Waals surface area contributed by atoms with Crippen molar-refractivity contribution in [1.82, 2.24) is 0 Å². The number of unbranched alkanes of at least 4 members (excludes halogenated alkanes) is 11. The van der Waals surface area contributed by atoms with E-state index >= 15 is 0 Å². The lowest BCUT2D eigenvalue weighted by Crippen LogP contribution is -2.04. The highest BCUT2D eigenvalue weighted by molar-refractivity contribution is 7.80. The zero-order valence-corrected chi connectivity index (χ0v) is 14.7. The molecule has 0 saturated carbocycles. The Bertz CT molecular complexity index is 365. The minimum Gasteiger partial charge on any atom is -0.300 e. The molecule has 0 heterocycles. The van der Waals surface area contributed by atoms with E-state index in [0.29, 0.717) is 12.2 Å².